The van der Waals surface area contributed by atoms with Gasteiger partial charge in [-0.25, -0.2) is 0 Å². The highest BCUT2D eigenvalue weighted by Gasteiger charge is 2.22. The summed E-state index contributed by atoms with van der Waals surface area (Å²) in [4.78, 5) is 17.3. The zero-order valence-electron chi connectivity index (χ0n) is 20.7. The number of para-hydroxylation sites is 1. The Balaban J connectivity index is 1.40. The molecule has 4 N–H and O–H groups in total. The van der Waals surface area contributed by atoms with Crippen LogP contribution in [0.25, 0.3) is 0 Å². The van der Waals surface area contributed by atoms with E-state index in [9.17, 15) is 15.0 Å². The fraction of sp³-hybridized carbons (Fsp3) is 0.233. The van der Waals surface area contributed by atoms with Crippen LogP contribution < -0.4 is 10.1 Å². The number of hydrogen-bond donors (Lipinski definition) is 4. The van der Waals surface area contributed by atoms with Crippen LogP contribution in [0, 0.1) is 0 Å². The van der Waals surface area contributed by atoms with Gasteiger partial charge in [0, 0.05) is 31.0 Å². The van der Waals surface area contributed by atoms with Gasteiger partial charge in [0.2, 0.25) is 0 Å². The van der Waals surface area contributed by atoms with Crippen molar-refractivity contribution in [3.63, 3.8) is 0 Å². The molecule has 3 aromatic carbocycles. The van der Waals surface area contributed by atoms with Gasteiger partial charge in [-0.15, -0.1) is 0 Å². The maximum absolute atomic E-state index is 12.3. The summed E-state index contributed by atoms with van der Waals surface area (Å²) in [6, 6.07) is 30.3. The minimum atomic E-state index is -0.733. The molecule has 0 aliphatic rings. The highest BCUT2D eigenvalue weighted by atomic mass is 16.5. The average molecular weight is 500 g/mol. The molecule has 2 atom stereocenters. The number of carbonyl (C=O) groups excluding carboxylic acids is 1. The monoisotopic (exact) mass is 499 g/mol. The third-order valence-corrected chi connectivity index (χ3v) is 6.11. The Morgan fingerprint density at radius 1 is 0.892 bits per heavy atom. The van der Waals surface area contributed by atoms with Crippen molar-refractivity contribution >= 4 is 11.6 Å². The van der Waals surface area contributed by atoms with Crippen LogP contribution in [-0.2, 0) is 13.0 Å². The fourth-order valence-corrected chi connectivity index (χ4v) is 4.17. The Hall–Kier alpha value is -3.91. The number of ether oxygens (including phenoxy) is 1. The molecule has 4 rings (SSSR count). The van der Waals surface area contributed by atoms with Gasteiger partial charge in [0.25, 0.3) is 5.91 Å². The van der Waals surface area contributed by atoms with Crippen LogP contribution in [0.1, 0.15) is 21.6 Å². The molecule has 0 bridgehead atoms. The van der Waals surface area contributed by atoms with Crippen LogP contribution in [-0.4, -0.2) is 57.9 Å². The maximum atomic E-state index is 12.3. The van der Waals surface area contributed by atoms with Crippen LogP contribution in [0.5, 0.6) is 5.75 Å². The molecule has 0 unspecified atom stereocenters. The van der Waals surface area contributed by atoms with Gasteiger partial charge in [0.1, 0.15) is 24.2 Å². The van der Waals surface area contributed by atoms with Crippen molar-refractivity contribution in [1.82, 2.24) is 9.88 Å². The first kappa shape index (κ1) is 26.2. The molecule has 0 spiro atoms. The Morgan fingerprint density at radius 2 is 1.59 bits per heavy atom. The number of aliphatic hydroxyl groups excluding tert-OH is 2. The molecule has 1 amide bonds. The van der Waals surface area contributed by atoms with Crippen LogP contribution in [0.15, 0.2) is 103 Å². The van der Waals surface area contributed by atoms with E-state index in [0.717, 1.165) is 11.1 Å². The number of nitrogens with one attached hydrogen (secondary N) is 2. The second-order valence-electron chi connectivity index (χ2n) is 8.97. The molecular weight excluding hydrogens is 466 g/mol. The van der Waals surface area contributed by atoms with E-state index in [4.69, 9.17) is 4.74 Å². The number of carbonyl (C=O) groups is 1. The summed E-state index contributed by atoms with van der Waals surface area (Å²) in [7, 11) is 0. The number of H-pyrrole nitrogens is 1. The van der Waals surface area contributed by atoms with Crippen LogP contribution in [0.2, 0.25) is 0 Å². The lowest BCUT2D eigenvalue weighted by Gasteiger charge is -2.32. The first-order valence-electron chi connectivity index (χ1n) is 12.4. The number of nitrogens with zero attached hydrogens (tertiary/aromatic N) is 1. The Kier molecular flexibility index (Phi) is 9.48. The Morgan fingerprint density at radius 3 is 2.24 bits per heavy atom. The van der Waals surface area contributed by atoms with Gasteiger partial charge < -0.3 is 25.3 Å². The molecule has 0 aliphatic heterocycles. The number of amides is 1. The minimum absolute atomic E-state index is 0.0651. The van der Waals surface area contributed by atoms with Crippen molar-refractivity contribution in [2.24, 2.45) is 0 Å². The van der Waals surface area contributed by atoms with E-state index >= 15 is 0 Å². The number of aromatic amines is 1. The molecule has 0 aliphatic carbocycles. The molecule has 4 aromatic rings. The summed E-state index contributed by atoms with van der Waals surface area (Å²) in [5.74, 6) is 0.505. The quantitative estimate of drug-likeness (QED) is 0.222. The van der Waals surface area contributed by atoms with E-state index in [-0.39, 0.29) is 25.2 Å². The number of aliphatic hydroxyl groups is 2. The van der Waals surface area contributed by atoms with Crippen molar-refractivity contribution in [3.05, 3.63) is 120 Å². The topological polar surface area (TPSA) is 97.8 Å². The van der Waals surface area contributed by atoms with Crippen LogP contribution in [0.3, 0.4) is 0 Å². The van der Waals surface area contributed by atoms with E-state index in [1.165, 1.54) is 0 Å². The van der Waals surface area contributed by atoms with Gasteiger partial charge in [-0.2, -0.15) is 0 Å². The summed E-state index contributed by atoms with van der Waals surface area (Å²) in [6.07, 6.45) is 1.56. The van der Waals surface area contributed by atoms with Gasteiger partial charge in [-0.05, 0) is 53.9 Å². The van der Waals surface area contributed by atoms with Gasteiger partial charge >= 0.3 is 0 Å². The van der Waals surface area contributed by atoms with Crippen LogP contribution >= 0.6 is 0 Å². The molecular formula is C30H33N3O4. The van der Waals surface area contributed by atoms with Crippen molar-refractivity contribution < 1.29 is 19.7 Å². The summed E-state index contributed by atoms with van der Waals surface area (Å²) in [5, 5.41) is 24.0. The summed E-state index contributed by atoms with van der Waals surface area (Å²) >= 11 is 0. The van der Waals surface area contributed by atoms with Gasteiger partial charge in [0.15, 0.2) is 0 Å². The number of anilines is 1. The summed E-state index contributed by atoms with van der Waals surface area (Å²) in [6.45, 7) is 1.02. The minimum Gasteiger partial charge on any atom is -0.491 e. The average Bonchev–Trinajstić information content (AvgIpc) is 3.48. The van der Waals surface area contributed by atoms with Crippen molar-refractivity contribution in [2.75, 3.05) is 25.1 Å². The third kappa shape index (κ3) is 8.05. The summed E-state index contributed by atoms with van der Waals surface area (Å²) < 4.78 is 5.75. The van der Waals surface area contributed by atoms with Crippen molar-refractivity contribution in [1.29, 1.82) is 0 Å². The van der Waals surface area contributed by atoms with Gasteiger partial charge in [-0.3, -0.25) is 9.69 Å². The predicted octanol–water partition coefficient (Wildman–Crippen LogP) is 4.11. The highest BCUT2D eigenvalue weighted by Crippen LogP contribution is 2.17. The molecule has 0 saturated heterocycles. The molecule has 192 valence electrons. The molecule has 0 saturated carbocycles. The first-order chi connectivity index (χ1) is 18.1. The SMILES string of the molecule is O=C(Nc1ccc(C[C@@H](CO)N(Cc2ccccc2)C[C@H](O)COc2ccccc2)cc1)c1ccc[nH]1. The molecule has 7 heteroatoms. The zero-order chi connectivity index (χ0) is 25.9. The fourth-order valence-electron chi connectivity index (χ4n) is 4.17. The summed E-state index contributed by atoms with van der Waals surface area (Å²) in [5.41, 5.74) is 3.30. The molecule has 0 radical (unpaired) electrons. The van der Waals surface area contributed by atoms with Crippen molar-refractivity contribution in [3.8, 4) is 5.75 Å². The number of benzene rings is 3. The maximum Gasteiger partial charge on any atom is 0.272 e. The molecule has 1 heterocycles. The lowest BCUT2D eigenvalue weighted by atomic mass is 10.0. The van der Waals surface area contributed by atoms with Crippen molar-refractivity contribution in [2.45, 2.75) is 25.1 Å². The van der Waals surface area contributed by atoms with E-state index in [2.05, 4.69) is 15.2 Å². The highest BCUT2D eigenvalue weighted by molar-refractivity contribution is 6.02. The normalized spacial score (nSPS) is 12.7. The van der Waals surface area contributed by atoms with Gasteiger partial charge in [0.05, 0.1) is 6.61 Å². The van der Waals surface area contributed by atoms with E-state index in [1.807, 2.05) is 84.9 Å². The third-order valence-electron chi connectivity index (χ3n) is 6.11. The number of rotatable bonds is 13. The molecule has 7 nitrogen and oxygen atoms in total. The van der Waals surface area contributed by atoms with E-state index in [0.29, 0.717) is 36.6 Å². The lowest BCUT2D eigenvalue weighted by molar-refractivity contribution is 0.0335. The number of aromatic nitrogens is 1. The largest absolute Gasteiger partial charge is 0.491 e. The second-order valence-corrected chi connectivity index (χ2v) is 8.97. The van der Waals surface area contributed by atoms with Crippen LogP contribution in [0.4, 0.5) is 5.69 Å². The second kappa shape index (κ2) is 13.4. The molecule has 37 heavy (non-hydrogen) atoms. The zero-order valence-corrected chi connectivity index (χ0v) is 20.7. The lowest BCUT2D eigenvalue weighted by Crippen LogP contribution is -2.44. The van der Waals surface area contributed by atoms with E-state index in [1.54, 1.807) is 18.3 Å². The van der Waals surface area contributed by atoms with E-state index < -0.39 is 6.10 Å². The smallest absolute Gasteiger partial charge is 0.272 e. The molecule has 1 aromatic heterocycles. The van der Waals surface area contributed by atoms with Gasteiger partial charge in [-0.1, -0.05) is 60.7 Å². The Bertz CT molecular complexity index is 1200. The predicted molar refractivity (Wildman–Crippen MR) is 145 cm³/mol. The Labute approximate surface area is 217 Å². The molecule has 0 fully saturated rings. The number of hydrogen-bond acceptors (Lipinski definition) is 5. The first-order valence-corrected chi connectivity index (χ1v) is 12.4. The standard InChI is InChI=1S/C30H33N3O4/c34-21-26(18-23-13-15-25(16-14-23)32-30(36)29-12-7-17-31-29)33(19-24-8-3-1-4-9-24)20-27(35)22-37-28-10-5-2-6-11-28/h1-17,26-27,31,34-35H,18-22H2,(H,32,36)/t26-,27-/m0/s1.